The van der Waals surface area contributed by atoms with Gasteiger partial charge in [0.15, 0.2) is 0 Å². The first-order valence-electron chi connectivity index (χ1n) is 6.13. The molecule has 98 valence electrons. The number of rotatable bonds is 6. The Hall–Kier alpha value is -1.43. The molecule has 2 aromatic rings. The van der Waals surface area contributed by atoms with Crippen LogP contribution in [0.3, 0.4) is 0 Å². The summed E-state index contributed by atoms with van der Waals surface area (Å²) >= 11 is 0. The first-order chi connectivity index (χ1) is 8.76. The van der Waals surface area contributed by atoms with Gasteiger partial charge in [0.2, 0.25) is 0 Å². The SMILES string of the molecule is Cc1nc2ccccn2c1CN(CCO)CCO. The van der Waals surface area contributed by atoms with Crippen LogP contribution in [0.2, 0.25) is 0 Å². The number of aromatic nitrogens is 2. The van der Waals surface area contributed by atoms with Crippen molar-refractivity contribution in [1.82, 2.24) is 14.3 Å². The minimum absolute atomic E-state index is 0.0930. The van der Waals surface area contributed by atoms with Crippen LogP contribution in [0.4, 0.5) is 0 Å². The number of fused-ring (bicyclic) bond motifs is 1. The molecule has 0 aromatic carbocycles. The molecule has 0 aliphatic rings. The molecule has 0 aliphatic heterocycles. The van der Waals surface area contributed by atoms with Gasteiger partial charge in [-0.15, -0.1) is 0 Å². The maximum Gasteiger partial charge on any atom is 0.137 e. The number of aryl methyl sites for hydroxylation is 1. The van der Waals surface area contributed by atoms with E-state index in [1.165, 1.54) is 0 Å². The number of hydrogen-bond donors (Lipinski definition) is 2. The zero-order valence-corrected chi connectivity index (χ0v) is 10.6. The molecule has 18 heavy (non-hydrogen) atoms. The van der Waals surface area contributed by atoms with Crippen LogP contribution in [0.15, 0.2) is 24.4 Å². The zero-order chi connectivity index (χ0) is 13.0. The molecular weight excluding hydrogens is 230 g/mol. The quantitative estimate of drug-likeness (QED) is 0.779. The van der Waals surface area contributed by atoms with Gasteiger partial charge >= 0.3 is 0 Å². The van der Waals surface area contributed by atoms with Crippen molar-refractivity contribution in [1.29, 1.82) is 0 Å². The monoisotopic (exact) mass is 249 g/mol. The van der Waals surface area contributed by atoms with E-state index in [9.17, 15) is 0 Å². The Bertz CT molecular complexity index is 504. The van der Waals surface area contributed by atoms with E-state index in [0.29, 0.717) is 19.6 Å². The molecule has 0 fully saturated rings. The van der Waals surface area contributed by atoms with Crippen molar-refractivity contribution in [2.24, 2.45) is 0 Å². The van der Waals surface area contributed by atoms with Gasteiger partial charge in [0.1, 0.15) is 5.65 Å². The molecule has 0 bridgehead atoms. The van der Waals surface area contributed by atoms with Crippen molar-refractivity contribution < 1.29 is 10.2 Å². The highest BCUT2D eigenvalue weighted by atomic mass is 16.3. The molecule has 5 nitrogen and oxygen atoms in total. The molecule has 2 rings (SSSR count). The Balaban J connectivity index is 2.26. The number of aliphatic hydroxyl groups excluding tert-OH is 2. The third-order valence-corrected chi connectivity index (χ3v) is 3.03. The maximum atomic E-state index is 9.03. The molecule has 0 saturated carbocycles. The van der Waals surface area contributed by atoms with Crippen LogP contribution in [0.1, 0.15) is 11.4 Å². The van der Waals surface area contributed by atoms with E-state index in [4.69, 9.17) is 10.2 Å². The Morgan fingerprint density at radius 3 is 2.61 bits per heavy atom. The van der Waals surface area contributed by atoms with Gasteiger partial charge in [0.05, 0.1) is 24.6 Å². The van der Waals surface area contributed by atoms with E-state index in [-0.39, 0.29) is 13.2 Å². The Morgan fingerprint density at radius 2 is 1.94 bits per heavy atom. The summed E-state index contributed by atoms with van der Waals surface area (Å²) in [7, 11) is 0. The molecule has 5 heteroatoms. The highest BCUT2D eigenvalue weighted by Gasteiger charge is 2.12. The fraction of sp³-hybridized carbons (Fsp3) is 0.462. The van der Waals surface area contributed by atoms with E-state index >= 15 is 0 Å². The highest BCUT2D eigenvalue weighted by molar-refractivity contribution is 5.42. The van der Waals surface area contributed by atoms with Crippen LogP contribution >= 0.6 is 0 Å². The Labute approximate surface area is 106 Å². The van der Waals surface area contributed by atoms with Gasteiger partial charge in [-0.1, -0.05) is 6.07 Å². The molecule has 0 radical (unpaired) electrons. The standard InChI is InChI=1S/C13H19N3O2/c1-11-12(10-15(6-8-17)7-9-18)16-5-3-2-4-13(16)14-11/h2-5,17-18H,6-10H2,1H3. The second kappa shape index (κ2) is 5.95. The minimum atomic E-state index is 0.0930. The molecule has 0 amide bonds. The van der Waals surface area contributed by atoms with Gasteiger partial charge in [-0.05, 0) is 19.1 Å². The van der Waals surface area contributed by atoms with E-state index in [2.05, 4.69) is 9.38 Å². The second-order valence-corrected chi connectivity index (χ2v) is 4.30. The van der Waals surface area contributed by atoms with Gasteiger partial charge in [0.25, 0.3) is 0 Å². The predicted molar refractivity (Wildman–Crippen MR) is 69.4 cm³/mol. The molecule has 2 heterocycles. The fourth-order valence-corrected chi connectivity index (χ4v) is 2.12. The van der Waals surface area contributed by atoms with Crippen LogP contribution in [-0.2, 0) is 6.54 Å². The van der Waals surface area contributed by atoms with Crippen LogP contribution in [0, 0.1) is 6.92 Å². The smallest absolute Gasteiger partial charge is 0.137 e. The predicted octanol–water partition coefficient (Wildman–Crippen LogP) is 0.429. The minimum Gasteiger partial charge on any atom is -0.395 e. The summed E-state index contributed by atoms with van der Waals surface area (Å²) in [6.07, 6.45) is 1.99. The zero-order valence-electron chi connectivity index (χ0n) is 10.6. The van der Waals surface area contributed by atoms with E-state index < -0.39 is 0 Å². The van der Waals surface area contributed by atoms with E-state index in [1.54, 1.807) is 0 Å². The Kier molecular flexibility index (Phi) is 4.30. The van der Waals surface area contributed by atoms with Gasteiger partial charge in [0, 0.05) is 25.8 Å². The number of pyridine rings is 1. The van der Waals surface area contributed by atoms with Crippen molar-refractivity contribution in [2.45, 2.75) is 13.5 Å². The average molecular weight is 249 g/mol. The lowest BCUT2D eigenvalue weighted by Gasteiger charge is -2.20. The third kappa shape index (κ3) is 2.69. The van der Waals surface area contributed by atoms with Gasteiger partial charge in [-0.2, -0.15) is 0 Å². The summed E-state index contributed by atoms with van der Waals surface area (Å²) in [5.41, 5.74) is 3.02. The fourth-order valence-electron chi connectivity index (χ4n) is 2.12. The molecule has 0 unspecified atom stereocenters. The number of hydrogen-bond acceptors (Lipinski definition) is 4. The average Bonchev–Trinajstić information content (AvgIpc) is 2.67. The van der Waals surface area contributed by atoms with Crippen LogP contribution in [0.25, 0.3) is 5.65 Å². The van der Waals surface area contributed by atoms with Crippen molar-refractivity contribution in [3.63, 3.8) is 0 Å². The van der Waals surface area contributed by atoms with Crippen molar-refractivity contribution in [2.75, 3.05) is 26.3 Å². The maximum absolute atomic E-state index is 9.03. The Morgan fingerprint density at radius 1 is 1.22 bits per heavy atom. The largest absolute Gasteiger partial charge is 0.395 e. The number of nitrogens with zero attached hydrogens (tertiary/aromatic N) is 3. The first-order valence-corrected chi connectivity index (χ1v) is 6.13. The second-order valence-electron chi connectivity index (χ2n) is 4.30. The van der Waals surface area contributed by atoms with Gasteiger partial charge in [-0.3, -0.25) is 4.90 Å². The lowest BCUT2D eigenvalue weighted by molar-refractivity contribution is 0.154. The van der Waals surface area contributed by atoms with Crippen LogP contribution in [-0.4, -0.2) is 50.8 Å². The summed E-state index contributed by atoms with van der Waals surface area (Å²) in [5, 5.41) is 18.1. The van der Waals surface area contributed by atoms with Crippen LogP contribution < -0.4 is 0 Å². The summed E-state index contributed by atoms with van der Waals surface area (Å²) in [5.74, 6) is 0. The summed E-state index contributed by atoms with van der Waals surface area (Å²) in [6.45, 7) is 3.96. The highest BCUT2D eigenvalue weighted by Crippen LogP contribution is 2.13. The molecule has 0 spiro atoms. The lowest BCUT2D eigenvalue weighted by Crippen LogP contribution is -2.30. The summed E-state index contributed by atoms with van der Waals surface area (Å²) in [6, 6.07) is 5.91. The molecule has 0 atom stereocenters. The lowest BCUT2D eigenvalue weighted by atomic mass is 10.3. The molecule has 0 saturated heterocycles. The molecular formula is C13H19N3O2. The first kappa shape index (κ1) is 13.0. The normalized spacial score (nSPS) is 11.6. The molecule has 2 aromatic heterocycles. The summed E-state index contributed by atoms with van der Waals surface area (Å²) in [4.78, 5) is 6.52. The van der Waals surface area contributed by atoms with Gasteiger partial charge in [-0.25, -0.2) is 4.98 Å². The third-order valence-electron chi connectivity index (χ3n) is 3.03. The number of aliphatic hydroxyl groups is 2. The van der Waals surface area contributed by atoms with Crippen molar-refractivity contribution in [3.05, 3.63) is 35.8 Å². The molecule has 0 aliphatic carbocycles. The molecule has 2 N–H and O–H groups in total. The summed E-state index contributed by atoms with van der Waals surface area (Å²) < 4.78 is 2.05. The van der Waals surface area contributed by atoms with Crippen LogP contribution in [0.5, 0.6) is 0 Å². The van der Waals surface area contributed by atoms with Crippen molar-refractivity contribution >= 4 is 5.65 Å². The topological polar surface area (TPSA) is 61.0 Å². The number of imidazole rings is 1. The van der Waals surface area contributed by atoms with E-state index in [0.717, 1.165) is 17.0 Å². The van der Waals surface area contributed by atoms with Crippen molar-refractivity contribution in [3.8, 4) is 0 Å². The van der Waals surface area contributed by atoms with E-state index in [1.807, 2.05) is 36.2 Å². The van der Waals surface area contributed by atoms with Gasteiger partial charge < -0.3 is 14.6 Å².